The van der Waals surface area contributed by atoms with Gasteiger partial charge in [0.15, 0.2) is 0 Å². The second-order valence-corrected chi connectivity index (χ2v) is 5.90. The molecule has 0 spiro atoms. The molecule has 6 nitrogen and oxygen atoms in total. The number of hydrogen-bond acceptors (Lipinski definition) is 6. The van der Waals surface area contributed by atoms with Crippen LogP contribution in [0.5, 0.6) is 11.5 Å². The first-order chi connectivity index (χ1) is 11.3. The molecule has 0 saturated carbocycles. The second kappa shape index (κ2) is 7.26. The minimum absolute atomic E-state index is 0.0716. The molecule has 0 aliphatic rings. The molecule has 0 saturated heterocycles. The molecule has 24 heavy (non-hydrogen) atoms. The quantitative estimate of drug-likeness (QED) is 0.584. The van der Waals surface area contributed by atoms with E-state index >= 15 is 0 Å². The molecular formula is C15H12F2O6S. The maximum absolute atomic E-state index is 12.4. The van der Waals surface area contributed by atoms with Crippen LogP contribution in [0.2, 0.25) is 0 Å². The molecule has 0 heterocycles. The van der Waals surface area contributed by atoms with E-state index in [0.29, 0.717) is 0 Å². The summed E-state index contributed by atoms with van der Waals surface area (Å²) in [6.07, 6.45) is 0. The number of para-hydroxylation sites is 1. The molecule has 0 N–H and O–H groups in total. The molecule has 0 fully saturated rings. The summed E-state index contributed by atoms with van der Waals surface area (Å²) in [6, 6.07) is 10.1. The van der Waals surface area contributed by atoms with Gasteiger partial charge in [-0.2, -0.15) is 17.2 Å². The Bertz CT molecular complexity index is 835. The van der Waals surface area contributed by atoms with Crippen LogP contribution < -0.4 is 8.92 Å². The number of methoxy groups -OCH3 is 1. The van der Waals surface area contributed by atoms with Crippen molar-refractivity contribution in [3.8, 4) is 11.5 Å². The summed E-state index contributed by atoms with van der Waals surface area (Å²) < 4.78 is 62.9. The van der Waals surface area contributed by atoms with E-state index in [1.54, 1.807) is 0 Å². The highest BCUT2D eigenvalue weighted by atomic mass is 32.2. The number of hydrogen-bond donors (Lipinski definition) is 0. The predicted octanol–water partition coefficient (Wildman–Crippen LogP) is 2.84. The number of esters is 1. The van der Waals surface area contributed by atoms with Crippen molar-refractivity contribution in [3.63, 3.8) is 0 Å². The van der Waals surface area contributed by atoms with Gasteiger partial charge in [0.25, 0.3) is 0 Å². The van der Waals surface area contributed by atoms with Crippen molar-refractivity contribution < 1.29 is 35.6 Å². The minimum Gasteiger partial charge on any atom is -0.465 e. The van der Waals surface area contributed by atoms with Gasteiger partial charge in [0.05, 0.1) is 12.7 Å². The highest BCUT2D eigenvalue weighted by Crippen LogP contribution is 2.28. The number of halogens is 2. The molecule has 0 radical (unpaired) electrons. The maximum atomic E-state index is 12.4. The van der Waals surface area contributed by atoms with Gasteiger partial charge in [-0.3, -0.25) is 0 Å². The van der Waals surface area contributed by atoms with Crippen molar-refractivity contribution in [1.82, 2.24) is 0 Å². The molecular weight excluding hydrogens is 346 g/mol. The van der Waals surface area contributed by atoms with Gasteiger partial charge in [-0.1, -0.05) is 18.2 Å². The van der Waals surface area contributed by atoms with E-state index in [1.165, 1.54) is 37.4 Å². The van der Waals surface area contributed by atoms with Crippen LogP contribution in [0, 0.1) is 0 Å². The smallest absolute Gasteiger partial charge is 0.387 e. The van der Waals surface area contributed by atoms with E-state index in [9.17, 15) is 22.0 Å². The number of ether oxygens (including phenoxy) is 2. The van der Waals surface area contributed by atoms with Crippen LogP contribution in [0.3, 0.4) is 0 Å². The highest BCUT2D eigenvalue weighted by Gasteiger charge is 2.23. The molecule has 2 rings (SSSR count). The zero-order chi connectivity index (χ0) is 17.7. The van der Waals surface area contributed by atoms with Gasteiger partial charge < -0.3 is 13.7 Å². The predicted molar refractivity (Wildman–Crippen MR) is 78.7 cm³/mol. The lowest BCUT2D eigenvalue weighted by molar-refractivity contribution is -0.0518. The standard InChI is InChI=1S/C15H12F2O6S/c1-21-14(18)10-5-4-6-11(9-10)23-24(19,20)13-8-3-2-7-12(13)22-15(16)17/h2-9,15H,1H3. The first-order valence-corrected chi connectivity index (χ1v) is 7.91. The van der Waals surface area contributed by atoms with E-state index in [0.717, 1.165) is 18.2 Å². The van der Waals surface area contributed by atoms with Gasteiger partial charge >= 0.3 is 22.7 Å². The Morgan fingerprint density at radius 2 is 1.79 bits per heavy atom. The van der Waals surface area contributed by atoms with E-state index in [4.69, 9.17) is 4.18 Å². The molecule has 0 amide bonds. The summed E-state index contributed by atoms with van der Waals surface area (Å²) in [5.41, 5.74) is 0.0716. The summed E-state index contributed by atoms with van der Waals surface area (Å²) in [7, 11) is -3.28. The summed E-state index contributed by atoms with van der Waals surface area (Å²) >= 11 is 0. The molecule has 9 heteroatoms. The number of rotatable bonds is 6. The lowest BCUT2D eigenvalue weighted by Gasteiger charge is -2.12. The Morgan fingerprint density at radius 3 is 2.46 bits per heavy atom. The van der Waals surface area contributed by atoms with Crippen molar-refractivity contribution >= 4 is 16.1 Å². The molecule has 0 aliphatic carbocycles. The van der Waals surface area contributed by atoms with E-state index < -0.39 is 33.3 Å². The molecule has 128 valence electrons. The SMILES string of the molecule is COC(=O)c1cccc(OS(=O)(=O)c2ccccc2OC(F)F)c1. The average Bonchev–Trinajstić information content (AvgIpc) is 2.53. The third kappa shape index (κ3) is 4.19. The van der Waals surface area contributed by atoms with Crippen LogP contribution in [0.25, 0.3) is 0 Å². The third-order valence-corrected chi connectivity index (χ3v) is 4.08. The summed E-state index contributed by atoms with van der Waals surface area (Å²) in [5.74, 6) is -1.40. The van der Waals surface area contributed by atoms with Gasteiger partial charge in [-0.05, 0) is 30.3 Å². The van der Waals surface area contributed by atoms with E-state index in [2.05, 4.69) is 9.47 Å². The molecule has 0 bridgehead atoms. The van der Waals surface area contributed by atoms with Crippen molar-refractivity contribution in [2.24, 2.45) is 0 Å². The zero-order valence-corrected chi connectivity index (χ0v) is 13.1. The molecule has 0 aliphatic heterocycles. The first kappa shape index (κ1) is 17.7. The number of carbonyl (C=O) groups excluding carboxylic acids is 1. The Hall–Kier alpha value is -2.68. The van der Waals surface area contributed by atoms with Crippen molar-refractivity contribution in [2.75, 3.05) is 7.11 Å². The first-order valence-electron chi connectivity index (χ1n) is 6.50. The molecule has 0 atom stereocenters. The van der Waals surface area contributed by atoms with Crippen LogP contribution in [-0.4, -0.2) is 28.1 Å². The summed E-state index contributed by atoms with van der Waals surface area (Å²) in [4.78, 5) is 10.9. The largest absolute Gasteiger partial charge is 0.465 e. The lowest BCUT2D eigenvalue weighted by Crippen LogP contribution is -2.13. The van der Waals surface area contributed by atoms with Crippen LogP contribution in [0.15, 0.2) is 53.4 Å². The van der Waals surface area contributed by atoms with Gasteiger partial charge in [0.2, 0.25) is 0 Å². The van der Waals surface area contributed by atoms with Crippen LogP contribution >= 0.6 is 0 Å². The van der Waals surface area contributed by atoms with Crippen LogP contribution in [0.4, 0.5) is 8.78 Å². The van der Waals surface area contributed by atoms with Gasteiger partial charge in [0, 0.05) is 0 Å². The summed E-state index contributed by atoms with van der Waals surface area (Å²) in [5, 5.41) is 0. The van der Waals surface area contributed by atoms with Gasteiger partial charge in [0.1, 0.15) is 16.4 Å². The molecule has 2 aromatic rings. The number of benzene rings is 2. The van der Waals surface area contributed by atoms with Crippen LogP contribution in [-0.2, 0) is 14.9 Å². The third-order valence-electron chi connectivity index (χ3n) is 2.80. The Labute approximate surface area is 136 Å². The fraction of sp³-hybridized carbons (Fsp3) is 0.133. The fourth-order valence-electron chi connectivity index (χ4n) is 1.81. The normalized spacial score (nSPS) is 11.2. The Kier molecular flexibility index (Phi) is 5.35. The van der Waals surface area contributed by atoms with E-state index in [1.807, 2.05) is 0 Å². The molecule has 2 aromatic carbocycles. The maximum Gasteiger partial charge on any atom is 0.387 e. The lowest BCUT2D eigenvalue weighted by atomic mass is 10.2. The second-order valence-electron chi connectivity index (χ2n) is 4.38. The number of alkyl halides is 2. The van der Waals surface area contributed by atoms with E-state index in [-0.39, 0.29) is 11.3 Å². The minimum atomic E-state index is -4.45. The summed E-state index contributed by atoms with van der Waals surface area (Å²) in [6.45, 7) is -3.19. The zero-order valence-electron chi connectivity index (χ0n) is 12.3. The Balaban J connectivity index is 2.34. The molecule has 0 aromatic heterocycles. The monoisotopic (exact) mass is 358 g/mol. The number of carbonyl (C=O) groups is 1. The fourth-order valence-corrected chi connectivity index (χ4v) is 2.87. The van der Waals surface area contributed by atoms with Crippen molar-refractivity contribution in [1.29, 1.82) is 0 Å². The van der Waals surface area contributed by atoms with Crippen molar-refractivity contribution in [3.05, 3.63) is 54.1 Å². The highest BCUT2D eigenvalue weighted by molar-refractivity contribution is 7.87. The van der Waals surface area contributed by atoms with Crippen LogP contribution in [0.1, 0.15) is 10.4 Å². The average molecular weight is 358 g/mol. The topological polar surface area (TPSA) is 78.9 Å². The van der Waals surface area contributed by atoms with Gasteiger partial charge in [-0.15, -0.1) is 0 Å². The van der Waals surface area contributed by atoms with Crippen molar-refractivity contribution in [2.45, 2.75) is 11.5 Å². The molecule has 0 unspecified atom stereocenters. The Morgan fingerprint density at radius 1 is 1.08 bits per heavy atom. The van der Waals surface area contributed by atoms with Gasteiger partial charge in [-0.25, -0.2) is 4.79 Å².